The van der Waals surface area contributed by atoms with Gasteiger partial charge in [0.15, 0.2) is 5.69 Å². The highest BCUT2D eigenvalue weighted by Crippen LogP contribution is 2.34. The molecule has 0 spiro atoms. The van der Waals surface area contributed by atoms with Crippen LogP contribution >= 0.6 is 11.5 Å². The standard InChI is InChI=1S/C27H39N5O3S/c1-4-8-21(26(34)30-16-15-17(2)3)32(27(35)24-22(28)23(25(29)33)31-36-24)20-13-11-19(12-14-20)18-9-6-5-7-10-18/h11-14,17-18,21H,4-10,15-16,28H2,1-3H3,(H2,29,33)(H,30,34)/t21-/m1/s1. The van der Waals surface area contributed by atoms with Crippen LogP contribution in [0, 0.1) is 5.92 Å². The third-order valence-electron chi connectivity index (χ3n) is 6.82. The van der Waals surface area contributed by atoms with Gasteiger partial charge >= 0.3 is 0 Å². The van der Waals surface area contributed by atoms with Crippen molar-refractivity contribution in [2.75, 3.05) is 17.2 Å². The summed E-state index contributed by atoms with van der Waals surface area (Å²) in [5.74, 6) is -0.481. The predicted octanol–water partition coefficient (Wildman–Crippen LogP) is 4.85. The molecule has 2 aromatic rings. The molecule has 1 atom stereocenters. The molecule has 0 bridgehead atoms. The number of aromatic nitrogens is 1. The molecule has 5 N–H and O–H groups in total. The van der Waals surface area contributed by atoms with Crippen molar-refractivity contribution in [3.63, 3.8) is 0 Å². The molecule has 1 aliphatic carbocycles. The summed E-state index contributed by atoms with van der Waals surface area (Å²) >= 11 is 0.832. The number of hydrogen-bond acceptors (Lipinski definition) is 6. The average molecular weight is 514 g/mol. The van der Waals surface area contributed by atoms with Crippen LogP contribution in [-0.2, 0) is 4.79 Å². The molecule has 0 radical (unpaired) electrons. The summed E-state index contributed by atoms with van der Waals surface area (Å²) < 4.78 is 4.00. The van der Waals surface area contributed by atoms with Gasteiger partial charge in [-0.05, 0) is 66.7 Å². The molecule has 9 heteroatoms. The largest absolute Gasteiger partial charge is 0.395 e. The van der Waals surface area contributed by atoms with E-state index in [0.717, 1.165) is 18.0 Å². The number of nitrogens with one attached hydrogen (secondary N) is 1. The van der Waals surface area contributed by atoms with Crippen LogP contribution in [0.5, 0.6) is 0 Å². The van der Waals surface area contributed by atoms with Crippen LogP contribution in [0.15, 0.2) is 24.3 Å². The van der Waals surface area contributed by atoms with Crippen molar-refractivity contribution in [2.24, 2.45) is 11.7 Å². The lowest BCUT2D eigenvalue weighted by atomic mass is 9.84. The van der Waals surface area contributed by atoms with Crippen LogP contribution in [0.25, 0.3) is 0 Å². The number of primary amides is 1. The van der Waals surface area contributed by atoms with Crippen molar-refractivity contribution >= 4 is 40.6 Å². The zero-order chi connectivity index (χ0) is 26.2. The molecule has 1 fully saturated rings. The minimum absolute atomic E-state index is 0.0446. The Hall–Kier alpha value is -2.94. The van der Waals surface area contributed by atoms with Crippen LogP contribution < -0.4 is 21.7 Å². The Bertz CT molecular complexity index is 1040. The number of carbonyl (C=O) groups excluding carboxylic acids is 3. The monoisotopic (exact) mass is 513 g/mol. The maximum atomic E-state index is 13.9. The number of benzene rings is 1. The smallest absolute Gasteiger partial charge is 0.272 e. The van der Waals surface area contributed by atoms with Crippen LogP contribution in [0.1, 0.15) is 104 Å². The molecule has 0 saturated heterocycles. The summed E-state index contributed by atoms with van der Waals surface area (Å²) in [6.07, 6.45) is 8.13. The first kappa shape index (κ1) is 27.6. The van der Waals surface area contributed by atoms with Crippen molar-refractivity contribution in [3.8, 4) is 0 Å². The fourth-order valence-corrected chi connectivity index (χ4v) is 5.52. The molecule has 1 aliphatic rings. The van der Waals surface area contributed by atoms with E-state index in [-0.39, 0.29) is 22.2 Å². The van der Waals surface area contributed by atoms with Gasteiger partial charge in [0.1, 0.15) is 10.9 Å². The number of anilines is 2. The number of carbonyl (C=O) groups is 3. The molecule has 196 valence electrons. The summed E-state index contributed by atoms with van der Waals surface area (Å²) in [5.41, 5.74) is 13.2. The van der Waals surface area contributed by atoms with Crippen molar-refractivity contribution in [1.29, 1.82) is 0 Å². The van der Waals surface area contributed by atoms with Crippen LogP contribution in [-0.4, -0.2) is 34.7 Å². The van der Waals surface area contributed by atoms with Gasteiger partial charge in [-0.1, -0.05) is 58.6 Å². The van der Waals surface area contributed by atoms with Crippen LogP contribution in [0.2, 0.25) is 0 Å². The van der Waals surface area contributed by atoms with E-state index in [4.69, 9.17) is 11.5 Å². The highest BCUT2D eigenvalue weighted by Gasteiger charge is 2.34. The lowest BCUT2D eigenvalue weighted by Gasteiger charge is -2.31. The fraction of sp³-hybridized carbons (Fsp3) is 0.556. The number of nitrogens with zero attached hydrogens (tertiary/aromatic N) is 2. The zero-order valence-corrected chi connectivity index (χ0v) is 22.4. The van der Waals surface area contributed by atoms with Gasteiger partial charge in [0, 0.05) is 12.2 Å². The molecule has 0 unspecified atom stereocenters. The van der Waals surface area contributed by atoms with E-state index in [1.807, 2.05) is 19.1 Å². The van der Waals surface area contributed by atoms with E-state index < -0.39 is 17.9 Å². The summed E-state index contributed by atoms with van der Waals surface area (Å²) in [4.78, 5) is 40.5. The van der Waals surface area contributed by atoms with E-state index >= 15 is 0 Å². The van der Waals surface area contributed by atoms with E-state index in [1.165, 1.54) is 42.6 Å². The van der Waals surface area contributed by atoms with Gasteiger partial charge < -0.3 is 16.8 Å². The number of nitrogen functional groups attached to an aromatic ring is 1. The maximum absolute atomic E-state index is 13.9. The molecule has 3 rings (SSSR count). The Morgan fingerprint density at radius 1 is 1.11 bits per heavy atom. The number of rotatable bonds is 11. The molecule has 0 aliphatic heterocycles. The first-order valence-corrected chi connectivity index (χ1v) is 13.8. The van der Waals surface area contributed by atoms with Gasteiger partial charge in [-0.15, -0.1) is 0 Å². The Morgan fingerprint density at radius 3 is 2.33 bits per heavy atom. The Balaban J connectivity index is 1.98. The minimum atomic E-state index is -0.789. The second-order valence-corrected chi connectivity index (χ2v) is 10.8. The highest BCUT2D eigenvalue weighted by atomic mass is 32.1. The third kappa shape index (κ3) is 6.63. The summed E-state index contributed by atoms with van der Waals surface area (Å²) in [6.45, 7) is 6.72. The second-order valence-electron chi connectivity index (χ2n) is 10.0. The van der Waals surface area contributed by atoms with E-state index in [9.17, 15) is 14.4 Å². The van der Waals surface area contributed by atoms with E-state index in [0.29, 0.717) is 36.9 Å². The Morgan fingerprint density at radius 2 is 1.78 bits per heavy atom. The normalized spacial score (nSPS) is 15.0. The average Bonchev–Trinajstić information content (AvgIpc) is 3.25. The molecule has 1 saturated carbocycles. The topological polar surface area (TPSA) is 131 Å². The van der Waals surface area contributed by atoms with Crippen molar-refractivity contribution in [1.82, 2.24) is 9.69 Å². The van der Waals surface area contributed by atoms with Crippen molar-refractivity contribution in [2.45, 2.75) is 84.1 Å². The lowest BCUT2D eigenvalue weighted by molar-refractivity contribution is -0.122. The van der Waals surface area contributed by atoms with Crippen LogP contribution in [0.3, 0.4) is 0 Å². The molecule has 8 nitrogen and oxygen atoms in total. The summed E-state index contributed by atoms with van der Waals surface area (Å²) in [6, 6.07) is 7.23. The molecule has 1 heterocycles. The molecular formula is C27H39N5O3S. The first-order valence-electron chi connectivity index (χ1n) is 13.0. The van der Waals surface area contributed by atoms with Gasteiger partial charge in [0.2, 0.25) is 5.91 Å². The Labute approximate surface area is 218 Å². The van der Waals surface area contributed by atoms with Gasteiger partial charge in [0.25, 0.3) is 11.8 Å². The van der Waals surface area contributed by atoms with Gasteiger partial charge in [-0.25, -0.2) is 0 Å². The number of amides is 3. The SMILES string of the molecule is CCC[C@H](C(=O)NCCC(C)C)N(C(=O)c1snc(C(N)=O)c1N)c1ccc(C2CCCCC2)cc1. The maximum Gasteiger partial charge on any atom is 0.272 e. The fourth-order valence-electron chi connectivity index (χ4n) is 4.77. The molecule has 36 heavy (non-hydrogen) atoms. The lowest BCUT2D eigenvalue weighted by Crippen LogP contribution is -2.50. The molecular weight excluding hydrogens is 474 g/mol. The Kier molecular flexibility index (Phi) is 9.87. The third-order valence-corrected chi connectivity index (χ3v) is 7.67. The summed E-state index contributed by atoms with van der Waals surface area (Å²) in [5, 5.41) is 3.01. The second kappa shape index (κ2) is 12.9. The molecule has 1 aromatic heterocycles. The van der Waals surface area contributed by atoms with E-state index in [1.54, 1.807) is 0 Å². The van der Waals surface area contributed by atoms with Gasteiger partial charge in [-0.2, -0.15) is 4.37 Å². The van der Waals surface area contributed by atoms with Crippen LogP contribution in [0.4, 0.5) is 11.4 Å². The number of nitrogens with two attached hydrogens (primary N) is 2. The minimum Gasteiger partial charge on any atom is -0.395 e. The predicted molar refractivity (Wildman–Crippen MR) is 145 cm³/mol. The first-order chi connectivity index (χ1) is 17.2. The number of hydrogen-bond donors (Lipinski definition) is 3. The molecule has 3 amide bonds. The van der Waals surface area contributed by atoms with Crippen molar-refractivity contribution < 1.29 is 14.4 Å². The zero-order valence-electron chi connectivity index (χ0n) is 21.6. The van der Waals surface area contributed by atoms with Crippen molar-refractivity contribution in [3.05, 3.63) is 40.4 Å². The molecule has 1 aromatic carbocycles. The summed E-state index contributed by atoms with van der Waals surface area (Å²) in [7, 11) is 0. The quantitative estimate of drug-likeness (QED) is 0.395. The van der Waals surface area contributed by atoms with Gasteiger partial charge in [0.05, 0.1) is 5.69 Å². The van der Waals surface area contributed by atoms with E-state index in [2.05, 4.69) is 35.7 Å². The highest BCUT2D eigenvalue weighted by molar-refractivity contribution is 7.09. The van der Waals surface area contributed by atoms with Gasteiger partial charge in [-0.3, -0.25) is 19.3 Å².